The molecule has 1 aromatic carbocycles. The van der Waals surface area contributed by atoms with Crippen molar-refractivity contribution in [3.05, 3.63) is 35.4 Å². The minimum absolute atomic E-state index is 0.0663. The molecule has 3 atom stereocenters. The third-order valence-electron chi connectivity index (χ3n) is 4.72. The van der Waals surface area contributed by atoms with Gasteiger partial charge in [0.25, 0.3) is 0 Å². The van der Waals surface area contributed by atoms with E-state index in [1.54, 1.807) is 0 Å². The fraction of sp³-hybridized carbons (Fsp3) is 0.611. The van der Waals surface area contributed by atoms with Gasteiger partial charge in [0.15, 0.2) is 0 Å². The Morgan fingerprint density at radius 2 is 1.86 bits per heavy atom. The van der Waals surface area contributed by atoms with Crippen molar-refractivity contribution in [3.63, 3.8) is 0 Å². The van der Waals surface area contributed by atoms with Gasteiger partial charge in [0.05, 0.1) is 0 Å². The SMILES string of the molecule is CC(C)c1ccc(C(N)CNC(=O)C[C@@H]2CCC[C@H]2N)cc1. The molecule has 0 radical (unpaired) electrons. The Labute approximate surface area is 133 Å². The second-order valence-electron chi connectivity index (χ2n) is 6.79. The maximum Gasteiger partial charge on any atom is 0.220 e. The molecule has 0 aliphatic heterocycles. The lowest BCUT2D eigenvalue weighted by molar-refractivity contribution is -0.122. The van der Waals surface area contributed by atoms with Gasteiger partial charge in [-0.15, -0.1) is 0 Å². The number of benzene rings is 1. The van der Waals surface area contributed by atoms with Crippen molar-refractivity contribution in [2.75, 3.05) is 6.54 Å². The summed E-state index contributed by atoms with van der Waals surface area (Å²) in [4.78, 5) is 12.0. The number of hydrogen-bond acceptors (Lipinski definition) is 3. The molecule has 1 aliphatic carbocycles. The second kappa shape index (κ2) is 7.75. The predicted molar refractivity (Wildman–Crippen MR) is 90.4 cm³/mol. The molecule has 1 unspecified atom stereocenters. The van der Waals surface area contributed by atoms with Crippen molar-refractivity contribution in [3.8, 4) is 0 Å². The summed E-state index contributed by atoms with van der Waals surface area (Å²) in [5.41, 5.74) is 14.5. The fourth-order valence-corrected chi connectivity index (χ4v) is 3.10. The fourth-order valence-electron chi connectivity index (χ4n) is 3.10. The molecule has 1 aromatic rings. The quantitative estimate of drug-likeness (QED) is 0.755. The Morgan fingerprint density at radius 1 is 1.23 bits per heavy atom. The monoisotopic (exact) mass is 303 g/mol. The van der Waals surface area contributed by atoms with E-state index in [0.717, 1.165) is 24.8 Å². The van der Waals surface area contributed by atoms with Crippen LogP contribution in [0, 0.1) is 5.92 Å². The van der Waals surface area contributed by atoms with Crippen LogP contribution in [0.5, 0.6) is 0 Å². The van der Waals surface area contributed by atoms with Crippen LogP contribution < -0.4 is 16.8 Å². The summed E-state index contributed by atoms with van der Waals surface area (Å²) in [6.07, 6.45) is 3.78. The predicted octanol–water partition coefficient (Wildman–Crippen LogP) is 2.44. The van der Waals surface area contributed by atoms with Crippen LogP contribution in [0.15, 0.2) is 24.3 Å². The van der Waals surface area contributed by atoms with Gasteiger partial charge in [0.2, 0.25) is 5.91 Å². The van der Waals surface area contributed by atoms with Gasteiger partial charge >= 0.3 is 0 Å². The Hall–Kier alpha value is -1.39. The molecule has 1 amide bonds. The van der Waals surface area contributed by atoms with Crippen LogP contribution in [0.4, 0.5) is 0 Å². The van der Waals surface area contributed by atoms with Gasteiger partial charge in [-0.2, -0.15) is 0 Å². The molecular weight excluding hydrogens is 274 g/mol. The minimum Gasteiger partial charge on any atom is -0.354 e. The van der Waals surface area contributed by atoms with E-state index in [0.29, 0.717) is 24.8 Å². The van der Waals surface area contributed by atoms with E-state index in [1.165, 1.54) is 5.56 Å². The average molecular weight is 303 g/mol. The van der Waals surface area contributed by atoms with Crippen LogP contribution in [0.2, 0.25) is 0 Å². The Bertz CT molecular complexity index is 484. The molecule has 0 aromatic heterocycles. The number of amides is 1. The zero-order valence-corrected chi connectivity index (χ0v) is 13.7. The molecule has 22 heavy (non-hydrogen) atoms. The van der Waals surface area contributed by atoms with Gasteiger partial charge in [-0.3, -0.25) is 4.79 Å². The van der Waals surface area contributed by atoms with Crippen molar-refractivity contribution >= 4 is 5.91 Å². The van der Waals surface area contributed by atoms with E-state index < -0.39 is 0 Å². The van der Waals surface area contributed by atoms with Crippen LogP contribution >= 0.6 is 0 Å². The van der Waals surface area contributed by atoms with Crippen LogP contribution in [-0.4, -0.2) is 18.5 Å². The van der Waals surface area contributed by atoms with Crippen molar-refractivity contribution in [1.29, 1.82) is 0 Å². The molecule has 0 bridgehead atoms. The van der Waals surface area contributed by atoms with Crippen LogP contribution in [0.25, 0.3) is 0 Å². The summed E-state index contributed by atoms with van der Waals surface area (Å²) in [6, 6.07) is 8.35. The highest BCUT2D eigenvalue weighted by atomic mass is 16.1. The number of rotatable bonds is 6. The van der Waals surface area contributed by atoms with Gasteiger partial charge < -0.3 is 16.8 Å². The van der Waals surface area contributed by atoms with Gasteiger partial charge in [-0.05, 0) is 35.8 Å². The number of carbonyl (C=O) groups is 1. The van der Waals surface area contributed by atoms with Crippen molar-refractivity contribution in [2.24, 2.45) is 17.4 Å². The van der Waals surface area contributed by atoms with Crippen LogP contribution in [-0.2, 0) is 4.79 Å². The van der Waals surface area contributed by atoms with Crippen molar-refractivity contribution in [1.82, 2.24) is 5.32 Å². The average Bonchev–Trinajstić information content (AvgIpc) is 2.90. The van der Waals surface area contributed by atoms with Crippen LogP contribution in [0.1, 0.15) is 62.6 Å². The summed E-state index contributed by atoms with van der Waals surface area (Å²) in [7, 11) is 0. The third-order valence-corrected chi connectivity index (χ3v) is 4.72. The van der Waals surface area contributed by atoms with Gasteiger partial charge in [0, 0.05) is 25.0 Å². The first kappa shape index (κ1) is 17.0. The summed E-state index contributed by atoms with van der Waals surface area (Å²) >= 11 is 0. The molecular formula is C18H29N3O. The van der Waals surface area contributed by atoms with E-state index in [2.05, 4.69) is 43.4 Å². The maximum atomic E-state index is 12.0. The zero-order valence-electron chi connectivity index (χ0n) is 13.7. The summed E-state index contributed by atoms with van der Waals surface area (Å²) in [5, 5.41) is 2.95. The summed E-state index contributed by atoms with van der Waals surface area (Å²) < 4.78 is 0. The molecule has 1 saturated carbocycles. The molecule has 122 valence electrons. The number of nitrogens with one attached hydrogen (secondary N) is 1. The zero-order chi connectivity index (χ0) is 16.1. The third kappa shape index (κ3) is 4.55. The lowest BCUT2D eigenvalue weighted by atomic mass is 9.98. The first-order chi connectivity index (χ1) is 10.5. The first-order valence-corrected chi connectivity index (χ1v) is 8.35. The van der Waals surface area contributed by atoms with Gasteiger partial charge in [-0.1, -0.05) is 44.5 Å². The summed E-state index contributed by atoms with van der Waals surface area (Å²) in [5.74, 6) is 0.916. The number of nitrogens with two attached hydrogens (primary N) is 2. The molecule has 4 nitrogen and oxygen atoms in total. The Balaban J connectivity index is 1.79. The van der Waals surface area contributed by atoms with E-state index in [1.807, 2.05) is 0 Å². The van der Waals surface area contributed by atoms with Gasteiger partial charge in [0.1, 0.15) is 0 Å². The highest BCUT2D eigenvalue weighted by Crippen LogP contribution is 2.26. The molecule has 1 aliphatic rings. The molecule has 0 saturated heterocycles. The molecule has 2 rings (SSSR count). The molecule has 5 N–H and O–H groups in total. The van der Waals surface area contributed by atoms with Crippen molar-refractivity contribution < 1.29 is 4.79 Å². The first-order valence-electron chi connectivity index (χ1n) is 8.35. The summed E-state index contributed by atoms with van der Waals surface area (Å²) in [6.45, 7) is 4.81. The van der Waals surface area contributed by atoms with Crippen LogP contribution in [0.3, 0.4) is 0 Å². The highest BCUT2D eigenvalue weighted by Gasteiger charge is 2.26. The molecule has 0 heterocycles. The van der Waals surface area contributed by atoms with Crippen molar-refractivity contribution in [2.45, 2.75) is 57.5 Å². The minimum atomic E-state index is -0.164. The largest absolute Gasteiger partial charge is 0.354 e. The normalized spacial score (nSPS) is 22.8. The van der Waals surface area contributed by atoms with E-state index in [-0.39, 0.29) is 18.0 Å². The number of carbonyl (C=O) groups excluding carboxylic acids is 1. The lowest BCUT2D eigenvalue weighted by Crippen LogP contribution is -2.35. The number of hydrogen-bond donors (Lipinski definition) is 3. The Kier molecular flexibility index (Phi) is 5.98. The smallest absolute Gasteiger partial charge is 0.220 e. The lowest BCUT2D eigenvalue weighted by Gasteiger charge is -2.17. The molecule has 0 spiro atoms. The molecule has 1 fully saturated rings. The maximum absolute atomic E-state index is 12.0. The standard InChI is InChI=1S/C18H29N3O/c1-12(2)13-6-8-14(9-7-13)17(20)11-21-18(22)10-15-4-3-5-16(15)19/h6-9,12,15-17H,3-5,10-11,19-20H2,1-2H3,(H,21,22)/t15-,16+,17?/m0/s1. The van der Waals surface area contributed by atoms with E-state index in [4.69, 9.17) is 11.5 Å². The van der Waals surface area contributed by atoms with E-state index >= 15 is 0 Å². The second-order valence-corrected chi connectivity index (χ2v) is 6.79. The molecule has 4 heteroatoms. The van der Waals surface area contributed by atoms with Gasteiger partial charge in [-0.25, -0.2) is 0 Å². The Morgan fingerprint density at radius 3 is 2.41 bits per heavy atom. The topological polar surface area (TPSA) is 81.1 Å². The van der Waals surface area contributed by atoms with E-state index in [9.17, 15) is 4.79 Å². The highest BCUT2D eigenvalue weighted by molar-refractivity contribution is 5.76.